The normalized spacial score (nSPS) is 16.5. The third kappa shape index (κ3) is 3.99. The van der Waals surface area contributed by atoms with Crippen LogP contribution in [-0.2, 0) is 0 Å². The van der Waals surface area contributed by atoms with Gasteiger partial charge in [-0.15, -0.1) is 0 Å². The number of nitrogens with one attached hydrogen (secondary N) is 1. The molecule has 0 saturated carbocycles. The fourth-order valence-corrected chi connectivity index (χ4v) is 3.55. The van der Waals surface area contributed by atoms with E-state index in [0.717, 1.165) is 48.8 Å². The Hall–Kier alpha value is -2.37. The van der Waals surface area contributed by atoms with Crippen molar-refractivity contribution in [3.05, 3.63) is 59.1 Å². The quantitative estimate of drug-likeness (QED) is 0.733. The van der Waals surface area contributed by atoms with Crippen LogP contribution in [0.3, 0.4) is 0 Å². The molecule has 1 saturated heterocycles. The first-order valence-electron chi connectivity index (χ1n) is 9.32. The van der Waals surface area contributed by atoms with Gasteiger partial charge in [-0.1, -0.05) is 41.9 Å². The molecule has 0 radical (unpaired) electrons. The van der Waals surface area contributed by atoms with Gasteiger partial charge in [-0.05, 0) is 37.7 Å². The lowest BCUT2D eigenvalue weighted by atomic mass is 10.1. The molecule has 5 nitrogen and oxygen atoms in total. The van der Waals surface area contributed by atoms with Crippen molar-refractivity contribution >= 4 is 34.3 Å². The van der Waals surface area contributed by atoms with Gasteiger partial charge in [0.1, 0.15) is 5.82 Å². The molecule has 1 N–H and O–H groups in total. The topological polar surface area (TPSA) is 44.3 Å². The highest BCUT2D eigenvalue weighted by atomic mass is 35.5. The van der Waals surface area contributed by atoms with Crippen molar-refractivity contribution in [1.82, 2.24) is 14.9 Å². The van der Waals surface area contributed by atoms with Crippen LogP contribution >= 0.6 is 11.6 Å². The van der Waals surface area contributed by atoms with Crippen LogP contribution in [-0.4, -0.2) is 48.1 Å². The number of nitrogens with zero attached hydrogens (tertiary/aromatic N) is 4. The van der Waals surface area contributed by atoms with Gasteiger partial charge in [0.15, 0.2) is 0 Å². The van der Waals surface area contributed by atoms with E-state index >= 15 is 0 Å². The minimum atomic E-state index is 0.128. The van der Waals surface area contributed by atoms with Crippen molar-refractivity contribution in [2.45, 2.75) is 13.0 Å². The van der Waals surface area contributed by atoms with E-state index in [4.69, 9.17) is 21.6 Å². The molecule has 1 aliphatic rings. The summed E-state index contributed by atoms with van der Waals surface area (Å²) in [6.45, 7) is 6.05. The van der Waals surface area contributed by atoms with Crippen molar-refractivity contribution in [3.8, 4) is 0 Å². The van der Waals surface area contributed by atoms with Crippen LogP contribution in [0.15, 0.2) is 48.5 Å². The van der Waals surface area contributed by atoms with Crippen LogP contribution in [0.25, 0.3) is 10.9 Å². The minimum absolute atomic E-state index is 0.128. The SMILES string of the molecule is CC(Nc1nc(N2CCN(C)CC2)nc2ccc(Cl)cc12)c1ccccc1. The molecule has 0 aliphatic carbocycles. The van der Waals surface area contributed by atoms with E-state index in [9.17, 15) is 0 Å². The molecule has 2 aromatic carbocycles. The van der Waals surface area contributed by atoms with E-state index in [1.165, 1.54) is 5.56 Å². The predicted molar refractivity (Wildman–Crippen MR) is 113 cm³/mol. The summed E-state index contributed by atoms with van der Waals surface area (Å²) in [6, 6.07) is 16.3. The van der Waals surface area contributed by atoms with E-state index in [1.807, 2.05) is 24.3 Å². The van der Waals surface area contributed by atoms with Crippen molar-refractivity contribution in [2.75, 3.05) is 43.4 Å². The van der Waals surface area contributed by atoms with Gasteiger partial charge < -0.3 is 15.1 Å². The summed E-state index contributed by atoms with van der Waals surface area (Å²) in [5.41, 5.74) is 2.12. The van der Waals surface area contributed by atoms with E-state index in [0.29, 0.717) is 5.02 Å². The van der Waals surface area contributed by atoms with Crippen LogP contribution in [0.4, 0.5) is 11.8 Å². The van der Waals surface area contributed by atoms with Crippen LogP contribution in [0.2, 0.25) is 5.02 Å². The second-order valence-corrected chi connectivity index (χ2v) is 7.54. The molecule has 1 fully saturated rings. The summed E-state index contributed by atoms with van der Waals surface area (Å²) < 4.78 is 0. The number of piperazine rings is 1. The fourth-order valence-electron chi connectivity index (χ4n) is 3.38. The van der Waals surface area contributed by atoms with Crippen LogP contribution in [0.5, 0.6) is 0 Å². The monoisotopic (exact) mass is 381 g/mol. The lowest BCUT2D eigenvalue weighted by Gasteiger charge is -2.32. The molecule has 0 bridgehead atoms. The second kappa shape index (κ2) is 7.71. The number of likely N-dealkylation sites (N-methyl/N-ethyl adjacent to an activating group) is 1. The van der Waals surface area contributed by atoms with E-state index < -0.39 is 0 Å². The number of anilines is 2. The number of hydrogen-bond donors (Lipinski definition) is 1. The number of aromatic nitrogens is 2. The molecular formula is C21H24ClN5. The molecule has 1 unspecified atom stereocenters. The van der Waals surface area contributed by atoms with Gasteiger partial charge in [0.25, 0.3) is 0 Å². The molecule has 140 valence electrons. The molecular weight excluding hydrogens is 358 g/mol. The van der Waals surface area contributed by atoms with Gasteiger partial charge >= 0.3 is 0 Å². The average molecular weight is 382 g/mol. The number of hydrogen-bond acceptors (Lipinski definition) is 5. The first kappa shape index (κ1) is 18.0. The second-order valence-electron chi connectivity index (χ2n) is 7.10. The van der Waals surface area contributed by atoms with Crippen LogP contribution in [0.1, 0.15) is 18.5 Å². The zero-order chi connectivity index (χ0) is 18.8. The highest BCUT2D eigenvalue weighted by Crippen LogP contribution is 2.29. The Labute approximate surface area is 165 Å². The summed E-state index contributed by atoms with van der Waals surface area (Å²) in [5, 5.41) is 5.21. The molecule has 1 aromatic heterocycles. The van der Waals surface area contributed by atoms with Crippen LogP contribution in [0, 0.1) is 0 Å². The number of halogens is 1. The summed E-state index contributed by atoms with van der Waals surface area (Å²) in [6.07, 6.45) is 0. The summed E-state index contributed by atoms with van der Waals surface area (Å²) >= 11 is 6.25. The lowest BCUT2D eigenvalue weighted by molar-refractivity contribution is 0.311. The zero-order valence-corrected chi connectivity index (χ0v) is 16.4. The molecule has 3 aromatic rings. The third-order valence-electron chi connectivity index (χ3n) is 5.08. The van der Waals surface area contributed by atoms with E-state index in [1.54, 1.807) is 0 Å². The van der Waals surface area contributed by atoms with Gasteiger partial charge in [-0.3, -0.25) is 0 Å². The number of rotatable bonds is 4. The Balaban J connectivity index is 1.71. The van der Waals surface area contributed by atoms with E-state index in [2.05, 4.69) is 53.4 Å². The summed E-state index contributed by atoms with van der Waals surface area (Å²) in [7, 11) is 2.15. The molecule has 1 aliphatic heterocycles. The van der Waals surface area contributed by atoms with Crippen molar-refractivity contribution in [2.24, 2.45) is 0 Å². The smallest absolute Gasteiger partial charge is 0.227 e. The van der Waals surface area contributed by atoms with Crippen molar-refractivity contribution in [1.29, 1.82) is 0 Å². The first-order chi connectivity index (χ1) is 13.1. The zero-order valence-electron chi connectivity index (χ0n) is 15.7. The van der Waals surface area contributed by atoms with Gasteiger partial charge in [-0.2, -0.15) is 4.98 Å². The van der Waals surface area contributed by atoms with Crippen molar-refractivity contribution < 1.29 is 0 Å². The molecule has 2 heterocycles. The van der Waals surface area contributed by atoms with E-state index in [-0.39, 0.29) is 6.04 Å². The summed E-state index contributed by atoms with van der Waals surface area (Å²) in [5.74, 6) is 1.61. The molecule has 4 rings (SSSR count). The predicted octanol–water partition coefficient (Wildman–Crippen LogP) is 4.21. The minimum Gasteiger partial charge on any atom is -0.363 e. The number of fused-ring (bicyclic) bond motifs is 1. The highest BCUT2D eigenvalue weighted by Gasteiger charge is 2.19. The Kier molecular flexibility index (Phi) is 5.14. The molecule has 27 heavy (non-hydrogen) atoms. The summed E-state index contributed by atoms with van der Waals surface area (Å²) in [4.78, 5) is 14.3. The Bertz CT molecular complexity index is 923. The molecule has 1 atom stereocenters. The largest absolute Gasteiger partial charge is 0.363 e. The fraction of sp³-hybridized carbons (Fsp3) is 0.333. The molecule has 0 amide bonds. The van der Waals surface area contributed by atoms with Gasteiger partial charge in [-0.25, -0.2) is 4.98 Å². The number of benzene rings is 2. The van der Waals surface area contributed by atoms with Gasteiger partial charge in [0.2, 0.25) is 5.95 Å². The third-order valence-corrected chi connectivity index (χ3v) is 5.32. The highest BCUT2D eigenvalue weighted by molar-refractivity contribution is 6.31. The first-order valence-corrected chi connectivity index (χ1v) is 9.70. The Morgan fingerprint density at radius 1 is 1.00 bits per heavy atom. The molecule has 6 heteroatoms. The Morgan fingerprint density at radius 3 is 2.48 bits per heavy atom. The lowest BCUT2D eigenvalue weighted by Crippen LogP contribution is -2.45. The van der Waals surface area contributed by atoms with Crippen LogP contribution < -0.4 is 10.2 Å². The standard InChI is InChI=1S/C21H24ClN5/c1-15(16-6-4-3-5-7-16)23-20-18-14-17(22)8-9-19(18)24-21(25-20)27-12-10-26(2)11-13-27/h3-9,14-15H,10-13H2,1-2H3,(H,23,24,25). The van der Waals surface area contributed by atoms with Crippen molar-refractivity contribution in [3.63, 3.8) is 0 Å². The molecule has 0 spiro atoms. The maximum absolute atomic E-state index is 6.25. The van der Waals surface area contributed by atoms with Gasteiger partial charge in [0, 0.05) is 42.6 Å². The maximum atomic E-state index is 6.25. The Morgan fingerprint density at radius 2 is 1.74 bits per heavy atom. The maximum Gasteiger partial charge on any atom is 0.227 e. The average Bonchev–Trinajstić information content (AvgIpc) is 2.69. The van der Waals surface area contributed by atoms with Gasteiger partial charge in [0.05, 0.1) is 5.52 Å².